The van der Waals surface area contributed by atoms with E-state index in [-0.39, 0.29) is 5.75 Å². The molecule has 0 aliphatic rings. The number of benzene rings is 1. The molecule has 0 fully saturated rings. The fourth-order valence-corrected chi connectivity index (χ4v) is 1.16. The van der Waals surface area contributed by atoms with Crippen LogP contribution in [-0.2, 0) is 10.1 Å². The molecule has 0 N–H and O–H groups in total. The number of hydrogen-bond acceptors (Lipinski definition) is 3. The molecule has 0 unspecified atom stereocenters. The zero-order valence-electron chi connectivity index (χ0n) is 6.62. The first-order valence-electron chi connectivity index (χ1n) is 3.23. The fraction of sp³-hybridized carbons (Fsp3) is 0.143. The summed E-state index contributed by atoms with van der Waals surface area (Å²) in [7, 11) is -3.70. The van der Waals surface area contributed by atoms with E-state index in [4.69, 9.17) is 0 Å². The Hall–Kier alpha value is -1.17. The summed E-state index contributed by atoms with van der Waals surface area (Å²) in [5, 5.41) is 0. The molecular weight excluding hydrogens is 202 g/mol. The molecule has 0 aliphatic heterocycles. The smallest absolute Gasteiger partial charge is 0.306 e. The van der Waals surface area contributed by atoms with Gasteiger partial charge in [-0.25, -0.2) is 8.78 Å². The van der Waals surface area contributed by atoms with Crippen molar-refractivity contribution in [2.45, 2.75) is 0 Å². The Labute approximate surface area is 74.1 Å². The van der Waals surface area contributed by atoms with Crippen LogP contribution in [0, 0.1) is 11.6 Å². The molecule has 1 rings (SSSR count). The summed E-state index contributed by atoms with van der Waals surface area (Å²) >= 11 is 0. The molecule has 0 saturated carbocycles. The summed E-state index contributed by atoms with van der Waals surface area (Å²) in [5.41, 5.74) is 0. The topological polar surface area (TPSA) is 43.4 Å². The van der Waals surface area contributed by atoms with Gasteiger partial charge in [0.15, 0.2) is 11.6 Å². The number of halogens is 2. The Morgan fingerprint density at radius 1 is 1.23 bits per heavy atom. The van der Waals surface area contributed by atoms with Crippen molar-refractivity contribution < 1.29 is 21.4 Å². The third-order valence-corrected chi connectivity index (χ3v) is 1.63. The first-order valence-corrected chi connectivity index (χ1v) is 5.04. The van der Waals surface area contributed by atoms with Crippen LogP contribution in [0.3, 0.4) is 0 Å². The molecule has 6 heteroatoms. The third-order valence-electron chi connectivity index (χ3n) is 1.14. The van der Waals surface area contributed by atoms with Crippen LogP contribution in [0.4, 0.5) is 8.78 Å². The molecule has 72 valence electrons. The zero-order valence-corrected chi connectivity index (χ0v) is 7.44. The quantitative estimate of drug-likeness (QED) is 0.688. The Kier molecular flexibility index (Phi) is 2.51. The van der Waals surface area contributed by atoms with E-state index in [2.05, 4.69) is 4.18 Å². The highest BCUT2D eigenvalue weighted by molar-refractivity contribution is 7.86. The van der Waals surface area contributed by atoms with Crippen LogP contribution in [0.15, 0.2) is 18.2 Å². The summed E-state index contributed by atoms with van der Waals surface area (Å²) in [6.07, 6.45) is 0.814. The lowest BCUT2D eigenvalue weighted by atomic mass is 10.3. The molecule has 1 aromatic carbocycles. The Morgan fingerprint density at radius 2 is 1.85 bits per heavy atom. The molecule has 0 bridgehead atoms. The third kappa shape index (κ3) is 2.98. The van der Waals surface area contributed by atoms with E-state index >= 15 is 0 Å². The van der Waals surface area contributed by atoms with Crippen molar-refractivity contribution in [3.8, 4) is 5.75 Å². The van der Waals surface area contributed by atoms with Gasteiger partial charge in [0.05, 0.1) is 6.26 Å². The molecule has 13 heavy (non-hydrogen) atoms. The Balaban J connectivity index is 2.99. The lowest BCUT2D eigenvalue weighted by Crippen LogP contribution is -2.06. The van der Waals surface area contributed by atoms with Gasteiger partial charge in [-0.05, 0) is 12.1 Å². The summed E-state index contributed by atoms with van der Waals surface area (Å²) < 4.78 is 50.3. The molecule has 0 atom stereocenters. The molecule has 0 saturated heterocycles. The van der Waals surface area contributed by atoms with E-state index in [9.17, 15) is 17.2 Å². The van der Waals surface area contributed by atoms with Crippen molar-refractivity contribution in [3.63, 3.8) is 0 Å². The minimum absolute atomic E-state index is 0.249. The molecule has 0 aromatic heterocycles. The number of hydrogen-bond donors (Lipinski definition) is 0. The van der Waals surface area contributed by atoms with Gasteiger partial charge in [-0.1, -0.05) is 0 Å². The largest absolute Gasteiger partial charge is 0.382 e. The van der Waals surface area contributed by atoms with E-state index in [0.717, 1.165) is 18.4 Å². The normalized spacial score (nSPS) is 11.3. The molecule has 0 spiro atoms. The highest BCUT2D eigenvalue weighted by Crippen LogP contribution is 2.16. The van der Waals surface area contributed by atoms with Gasteiger partial charge in [-0.3, -0.25) is 0 Å². The second-order valence-electron chi connectivity index (χ2n) is 2.36. The van der Waals surface area contributed by atoms with Gasteiger partial charge >= 0.3 is 10.1 Å². The molecule has 0 amide bonds. The zero-order chi connectivity index (χ0) is 10.1. The first kappa shape index (κ1) is 9.91. The summed E-state index contributed by atoms with van der Waals surface area (Å²) in [6, 6.07) is 2.48. The van der Waals surface area contributed by atoms with E-state index in [0.29, 0.717) is 6.07 Å². The summed E-state index contributed by atoms with van der Waals surface area (Å²) in [4.78, 5) is 0. The first-order chi connectivity index (χ1) is 5.88. The Morgan fingerprint density at radius 3 is 2.31 bits per heavy atom. The van der Waals surface area contributed by atoms with E-state index < -0.39 is 21.8 Å². The van der Waals surface area contributed by atoms with Gasteiger partial charge in [0, 0.05) is 6.07 Å². The maximum absolute atomic E-state index is 12.5. The van der Waals surface area contributed by atoms with Crippen LogP contribution >= 0.6 is 0 Å². The molecule has 0 heterocycles. The lowest BCUT2D eigenvalue weighted by Gasteiger charge is -2.01. The van der Waals surface area contributed by atoms with Crippen LogP contribution in [0.2, 0.25) is 0 Å². The van der Waals surface area contributed by atoms with Crippen molar-refractivity contribution >= 4 is 10.1 Å². The molecule has 3 nitrogen and oxygen atoms in total. The predicted octanol–water partition coefficient (Wildman–Crippen LogP) is 1.30. The Bertz CT molecular complexity index is 414. The molecule has 1 aromatic rings. The van der Waals surface area contributed by atoms with Gasteiger partial charge in [0.1, 0.15) is 5.75 Å². The molecular formula is C7H6F2O3S. The van der Waals surface area contributed by atoms with Crippen molar-refractivity contribution in [1.29, 1.82) is 0 Å². The maximum Gasteiger partial charge on any atom is 0.306 e. The van der Waals surface area contributed by atoms with Crippen molar-refractivity contribution in [3.05, 3.63) is 29.8 Å². The highest BCUT2D eigenvalue weighted by atomic mass is 32.2. The fourth-order valence-electron chi connectivity index (χ4n) is 0.703. The van der Waals surface area contributed by atoms with Crippen LogP contribution in [0.5, 0.6) is 5.75 Å². The van der Waals surface area contributed by atoms with Gasteiger partial charge < -0.3 is 4.18 Å². The van der Waals surface area contributed by atoms with Crippen molar-refractivity contribution in [2.75, 3.05) is 6.26 Å². The second-order valence-corrected chi connectivity index (χ2v) is 3.94. The SMILES string of the molecule is CS(=O)(=O)Oc1ccc(F)c(F)c1. The maximum atomic E-state index is 12.5. The lowest BCUT2D eigenvalue weighted by molar-refractivity contribution is 0.476. The van der Waals surface area contributed by atoms with Crippen LogP contribution in [-0.4, -0.2) is 14.7 Å². The van der Waals surface area contributed by atoms with E-state index in [1.165, 1.54) is 0 Å². The van der Waals surface area contributed by atoms with Crippen molar-refractivity contribution in [2.24, 2.45) is 0 Å². The molecule has 0 aliphatic carbocycles. The minimum atomic E-state index is -3.70. The summed E-state index contributed by atoms with van der Waals surface area (Å²) in [6.45, 7) is 0. The van der Waals surface area contributed by atoms with E-state index in [1.807, 2.05) is 0 Å². The standard InChI is InChI=1S/C7H6F2O3S/c1-13(10,11)12-5-2-3-6(8)7(9)4-5/h2-4H,1H3. The monoisotopic (exact) mass is 208 g/mol. The van der Waals surface area contributed by atoms with Gasteiger partial charge in [-0.2, -0.15) is 8.42 Å². The van der Waals surface area contributed by atoms with Gasteiger partial charge in [0.2, 0.25) is 0 Å². The van der Waals surface area contributed by atoms with Crippen LogP contribution in [0.1, 0.15) is 0 Å². The van der Waals surface area contributed by atoms with Gasteiger partial charge in [-0.15, -0.1) is 0 Å². The van der Waals surface area contributed by atoms with Gasteiger partial charge in [0.25, 0.3) is 0 Å². The second kappa shape index (κ2) is 3.29. The summed E-state index contributed by atoms with van der Waals surface area (Å²) in [5.74, 6) is -2.46. The minimum Gasteiger partial charge on any atom is -0.382 e. The van der Waals surface area contributed by atoms with Crippen molar-refractivity contribution in [1.82, 2.24) is 0 Å². The number of rotatable bonds is 2. The van der Waals surface area contributed by atoms with Crippen LogP contribution < -0.4 is 4.18 Å². The van der Waals surface area contributed by atoms with Crippen LogP contribution in [0.25, 0.3) is 0 Å². The average Bonchev–Trinajstić information content (AvgIpc) is 1.94. The van der Waals surface area contributed by atoms with E-state index in [1.54, 1.807) is 0 Å². The molecule has 0 radical (unpaired) electrons. The predicted molar refractivity (Wildman–Crippen MR) is 41.8 cm³/mol. The average molecular weight is 208 g/mol. The highest BCUT2D eigenvalue weighted by Gasteiger charge is 2.07.